The SMILES string of the molecule is COC(=O)CN(C(=O)C1CCCCS1)C(C)C. The Labute approximate surface area is 107 Å². The molecule has 1 atom stereocenters. The van der Waals surface area contributed by atoms with Crippen molar-refractivity contribution in [1.82, 2.24) is 4.90 Å². The summed E-state index contributed by atoms with van der Waals surface area (Å²) in [5.41, 5.74) is 0. The van der Waals surface area contributed by atoms with E-state index in [1.807, 2.05) is 13.8 Å². The van der Waals surface area contributed by atoms with Crippen LogP contribution in [0.5, 0.6) is 0 Å². The lowest BCUT2D eigenvalue weighted by molar-refractivity contribution is -0.148. The third-order valence-electron chi connectivity index (χ3n) is 2.89. The number of esters is 1. The molecule has 1 fully saturated rings. The van der Waals surface area contributed by atoms with E-state index in [4.69, 9.17) is 0 Å². The first-order chi connectivity index (χ1) is 8.06. The second kappa shape index (κ2) is 6.89. The Balaban J connectivity index is 2.62. The molecule has 0 aliphatic carbocycles. The number of rotatable bonds is 4. The van der Waals surface area contributed by atoms with Gasteiger partial charge in [0.25, 0.3) is 0 Å². The average Bonchev–Trinajstić information content (AvgIpc) is 2.35. The molecule has 1 unspecified atom stereocenters. The summed E-state index contributed by atoms with van der Waals surface area (Å²) < 4.78 is 4.63. The molecule has 98 valence electrons. The van der Waals surface area contributed by atoms with Crippen molar-refractivity contribution in [1.29, 1.82) is 0 Å². The predicted octanol–water partition coefficient (Wildman–Crippen LogP) is 1.68. The van der Waals surface area contributed by atoms with E-state index >= 15 is 0 Å². The zero-order valence-electron chi connectivity index (χ0n) is 10.8. The molecule has 0 aromatic rings. The van der Waals surface area contributed by atoms with Gasteiger partial charge in [-0.2, -0.15) is 0 Å². The van der Waals surface area contributed by atoms with Gasteiger partial charge < -0.3 is 9.64 Å². The minimum Gasteiger partial charge on any atom is -0.468 e. The molecule has 1 saturated heterocycles. The highest BCUT2D eigenvalue weighted by Gasteiger charge is 2.29. The van der Waals surface area contributed by atoms with Gasteiger partial charge >= 0.3 is 5.97 Å². The van der Waals surface area contributed by atoms with Gasteiger partial charge in [0.1, 0.15) is 6.54 Å². The zero-order chi connectivity index (χ0) is 12.8. The minimum absolute atomic E-state index is 0.0239. The fourth-order valence-electron chi connectivity index (χ4n) is 1.84. The Kier molecular flexibility index (Phi) is 5.82. The van der Waals surface area contributed by atoms with Crippen molar-refractivity contribution in [3.8, 4) is 0 Å². The second-order valence-corrected chi connectivity index (χ2v) is 5.80. The van der Waals surface area contributed by atoms with Crippen LogP contribution in [0.15, 0.2) is 0 Å². The number of hydrogen-bond donors (Lipinski definition) is 0. The Morgan fingerprint density at radius 2 is 2.12 bits per heavy atom. The number of hydrogen-bond acceptors (Lipinski definition) is 4. The Hall–Kier alpha value is -0.710. The van der Waals surface area contributed by atoms with E-state index in [0.29, 0.717) is 0 Å². The molecule has 0 aromatic carbocycles. The van der Waals surface area contributed by atoms with Gasteiger partial charge in [-0.15, -0.1) is 11.8 Å². The quantitative estimate of drug-likeness (QED) is 0.721. The minimum atomic E-state index is -0.354. The predicted molar refractivity (Wildman–Crippen MR) is 69.0 cm³/mol. The summed E-state index contributed by atoms with van der Waals surface area (Å²) in [4.78, 5) is 25.2. The Morgan fingerprint density at radius 1 is 1.41 bits per heavy atom. The maximum Gasteiger partial charge on any atom is 0.325 e. The molecule has 0 aromatic heterocycles. The Bertz CT molecular complexity index is 275. The molecule has 1 amide bonds. The van der Waals surface area contributed by atoms with Gasteiger partial charge in [0.2, 0.25) is 5.91 Å². The fraction of sp³-hybridized carbons (Fsp3) is 0.833. The molecule has 5 heteroatoms. The smallest absolute Gasteiger partial charge is 0.325 e. The van der Waals surface area contributed by atoms with Crippen LogP contribution < -0.4 is 0 Å². The van der Waals surface area contributed by atoms with Crippen molar-refractivity contribution in [3.63, 3.8) is 0 Å². The van der Waals surface area contributed by atoms with Crippen LogP contribution in [-0.4, -0.2) is 47.5 Å². The molecule has 1 aliphatic heterocycles. The molecular formula is C12H21NO3S. The van der Waals surface area contributed by atoms with E-state index in [1.54, 1.807) is 16.7 Å². The van der Waals surface area contributed by atoms with E-state index in [9.17, 15) is 9.59 Å². The van der Waals surface area contributed by atoms with Crippen LogP contribution >= 0.6 is 11.8 Å². The van der Waals surface area contributed by atoms with Crippen LogP contribution in [0.4, 0.5) is 0 Å². The highest BCUT2D eigenvalue weighted by atomic mass is 32.2. The average molecular weight is 259 g/mol. The van der Waals surface area contributed by atoms with Gasteiger partial charge in [-0.3, -0.25) is 9.59 Å². The maximum atomic E-state index is 12.3. The number of methoxy groups -OCH3 is 1. The fourth-order valence-corrected chi connectivity index (χ4v) is 3.11. The lowest BCUT2D eigenvalue weighted by Gasteiger charge is -2.31. The first-order valence-corrected chi connectivity index (χ1v) is 7.10. The van der Waals surface area contributed by atoms with Gasteiger partial charge in [-0.25, -0.2) is 0 Å². The number of amides is 1. The summed E-state index contributed by atoms with van der Waals surface area (Å²) in [5, 5.41) is 0.0239. The molecule has 0 spiro atoms. The molecule has 17 heavy (non-hydrogen) atoms. The number of nitrogens with zero attached hydrogens (tertiary/aromatic N) is 1. The summed E-state index contributed by atoms with van der Waals surface area (Å²) in [6.45, 7) is 3.91. The lowest BCUT2D eigenvalue weighted by atomic mass is 10.1. The monoisotopic (exact) mass is 259 g/mol. The maximum absolute atomic E-state index is 12.3. The van der Waals surface area contributed by atoms with Crippen LogP contribution in [0.25, 0.3) is 0 Å². The van der Waals surface area contributed by atoms with E-state index in [1.165, 1.54) is 13.5 Å². The van der Waals surface area contributed by atoms with Crippen LogP contribution in [0.3, 0.4) is 0 Å². The van der Waals surface area contributed by atoms with Gasteiger partial charge in [0, 0.05) is 6.04 Å². The van der Waals surface area contributed by atoms with E-state index in [2.05, 4.69) is 4.74 Å². The number of ether oxygens (including phenoxy) is 1. The molecule has 1 rings (SSSR count). The van der Waals surface area contributed by atoms with Gasteiger partial charge in [0.15, 0.2) is 0 Å². The molecule has 0 bridgehead atoms. The summed E-state index contributed by atoms with van der Waals surface area (Å²) in [6, 6.07) is 0.0316. The van der Waals surface area contributed by atoms with Crippen LogP contribution in [-0.2, 0) is 14.3 Å². The topological polar surface area (TPSA) is 46.6 Å². The van der Waals surface area contributed by atoms with Gasteiger partial charge in [-0.05, 0) is 32.4 Å². The van der Waals surface area contributed by atoms with Gasteiger partial charge in [0.05, 0.1) is 12.4 Å². The molecule has 0 radical (unpaired) electrons. The van der Waals surface area contributed by atoms with Crippen molar-refractivity contribution in [2.75, 3.05) is 19.4 Å². The molecule has 1 heterocycles. The number of thioether (sulfide) groups is 1. The van der Waals surface area contributed by atoms with Crippen molar-refractivity contribution in [3.05, 3.63) is 0 Å². The standard InChI is InChI=1S/C12H21NO3S/c1-9(2)13(8-11(14)16-3)12(15)10-6-4-5-7-17-10/h9-10H,4-8H2,1-3H3. The zero-order valence-corrected chi connectivity index (χ0v) is 11.6. The molecule has 0 saturated carbocycles. The summed E-state index contributed by atoms with van der Waals surface area (Å²) in [5.74, 6) is 0.767. The lowest BCUT2D eigenvalue weighted by Crippen LogP contribution is -2.45. The summed E-state index contributed by atoms with van der Waals surface area (Å²) in [6.07, 6.45) is 3.22. The highest BCUT2D eigenvalue weighted by Crippen LogP contribution is 2.27. The van der Waals surface area contributed by atoms with Crippen LogP contribution in [0, 0.1) is 0 Å². The first kappa shape index (κ1) is 14.4. The number of carbonyl (C=O) groups is 2. The molecule has 1 aliphatic rings. The van der Waals surface area contributed by atoms with Crippen molar-refractivity contribution < 1.29 is 14.3 Å². The largest absolute Gasteiger partial charge is 0.468 e. The molecule has 4 nitrogen and oxygen atoms in total. The normalized spacial score (nSPS) is 20.1. The van der Waals surface area contributed by atoms with Crippen molar-refractivity contribution >= 4 is 23.6 Å². The molecular weight excluding hydrogens is 238 g/mol. The first-order valence-electron chi connectivity index (χ1n) is 6.05. The van der Waals surface area contributed by atoms with E-state index < -0.39 is 0 Å². The Morgan fingerprint density at radius 3 is 2.59 bits per heavy atom. The van der Waals surface area contributed by atoms with Crippen LogP contribution in [0.1, 0.15) is 33.1 Å². The van der Waals surface area contributed by atoms with Crippen molar-refractivity contribution in [2.24, 2.45) is 0 Å². The van der Waals surface area contributed by atoms with Gasteiger partial charge in [-0.1, -0.05) is 6.42 Å². The second-order valence-electron chi connectivity index (χ2n) is 4.49. The molecule has 0 N–H and O–H groups in total. The van der Waals surface area contributed by atoms with E-state index in [-0.39, 0.29) is 29.7 Å². The summed E-state index contributed by atoms with van der Waals surface area (Å²) in [7, 11) is 1.35. The third-order valence-corrected chi connectivity index (χ3v) is 4.25. The van der Waals surface area contributed by atoms with Crippen molar-refractivity contribution in [2.45, 2.75) is 44.4 Å². The third kappa shape index (κ3) is 4.22. The summed E-state index contributed by atoms with van der Waals surface area (Å²) >= 11 is 1.71. The highest BCUT2D eigenvalue weighted by molar-refractivity contribution is 8.00. The van der Waals surface area contributed by atoms with Crippen LogP contribution in [0.2, 0.25) is 0 Å². The van der Waals surface area contributed by atoms with E-state index in [0.717, 1.165) is 18.6 Å². The number of carbonyl (C=O) groups excluding carboxylic acids is 2.